The molecular weight excluding hydrogens is 416 g/mol. The zero-order valence-corrected chi connectivity index (χ0v) is 15.3. The van der Waals surface area contributed by atoms with Gasteiger partial charge in [0, 0.05) is 19.7 Å². The topological polar surface area (TPSA) is 52.6 Å². The third-order valence-corrected chi connectivity index (χ3v) is 4.37. The minimum atomic E-state index is -0.469. The van der Waals surface area contributed by atoms with E-state index < -0.39 is 11.9 Å². The van der Waals surface area contributed by atoms with Crippen LogP contribution in [0.25, 0.3) is 10.8 Å². The average Bonchev–Trinajstić information content (AvgIpc) is 2.48. The van der Waals surface area contributed by atoms with Crippen molar-refractivity contribution >= 4 is 54.6 Å². The lowest BCUT2D eigenvalue weighted by atomic mass is 9.99. The fourth-order valence-electron chi connectivity index (χ4n) is 2.17. The smallest absolute Gasteiger partial charge is 0.338 e. The quantitative estimate of drug-likeness (QED) is 0.660. The number of hydrogen-bond acceptors (Lipinski definition) is 4. The molecule has 0 atom stereocenters. The molecule has 0 bridgehead atoms. The van der Waals surface area contributed by atoms with Crippen molar-refractivity contribution in [1.82, 2.24) is 0 Å². The van der Waals surface area contributed by atoms with E-state index >= 15 is 0 Å². The average molecular weight is 430 g/mol. The van der Waals surface area contributed by atoms with Gasteiger partial charge in [0.1, 0.15) is 0 Å². The molecule has 0 saturated heterocycles. The molecule has 0 aromatic heterocycles. The van der Waals surface area contributed by atoms with Crippen LogP contribution in [0.4, 0.5) is 0 Å². The zero-order chi connectivity index (χ0) is 16.3. The predicted octanol–water partition coefficient (Wildman–Crippen LogP) is 4.72. The van der Waals surface area contributed by atoms with Crippen LogP contribution in [0.15, 0.2) is 33.2 Å². The Bertz CT molecular complexity index is 682. The van der Waals surface area contributed by atoms with E-state index in [2.05, 4.69) is 31.9 Å². The first-order valence-corrected chi connectivity index (χ1v) is 8.34. The maximum absolute atomic E-state index is 12.2. The Morgan fingerprint density at radius 3 is 1.59 bits per heavy atom. The summed E-state index contributed by atoms with van der Waals surface area (Å²) in [6.45, 7) is 4.00. The van der Waals surface area contributed by atoms with E-state index in [0.717, 1.165) is 14.3 Å². The van der Waals surface area contributed by atoms with Crippen molar-refractivity contribution in [3.8, 4) is 0 Å². The lowest BCUT2D eigenvalue weighted by molar-refractivity contribution is 0.0527. The second-order valence-electron chi connectivity index (χ2n) is 4.38. The van der Waals surface area contributed by atoms with Gasteiger partial charge in [-0.25, -0.2) is 9.59 Å². The highest BCUT2D eigenvalue weighted by Crippen LogP contribution is 2.36. The van der Waals surface area contributed by atoms with E-state index in [1.54, 1.807) is 38.1 Å². The van der Waals surface area contributed by atoms with Crippen LogP contribution in [0.3, 0.4) is 0 Å². The Morgan fingerprint density at radius 1 is 0.818 bits per heavy atom. The Balaban J connectivity index is 2.81. The monoisotopic (exact) mass is 428 g/mol. The molecule has 6 heteroatoms. The van der Waals surface area contributed by atoms with E-state index in [4.69, 9.17) is 9.47 Å². The highest BCUT2D eigenvalue weighted by Gasteiger charge is 2.21. The van der Waals surface area contributed by atoms with Gasteiger partial charge in [0.25, 0.3) is 0 Å². The number of fused-ring (bicyclic) bond motifs is 1. The first-order valence-electron chi connectivity index (χ1n) is 6.76. The lowest BCUT2D eigenvalue weighted by Gasteiger charge is -2.13. The molecule has 0 saturated carbocycles. The maximum atomic E-state index is 12.2. The number of halogens is 2. The van der Waals surface area contributed by atoms with Crippen LogP contribution < -0.4 is 0 Å². The molecule has 0 aliphatic rings. The van der Waals surface area contributed by atoms with Gasteiger partial charge in [-0.3, -0.25) is 0 Å². The molecule has 0 radical (unpaired) electrons. The molecule has 0 N–H and O–H groups in total. The molecule has 0 aliphatic heterocycles. The largest absolute Gasteiger partial charge is 0.462 e. The lowest BCUT2D eigenvalue weighted by Crippen LogP contribution is -2.10. The third kappa shape index (κ3) is 3.17. The molecule has 22 heavy (non-hydrogen) atoms. The van der Waals surface area contributed by atoms with Crippen LogP contribution in [0, 0.1) is 0 Å². The molecular formula is C16H14Br2O4. The zero-order valence-electron chi connectivity index (χ0n) is 12.1. The Kier molecular flexibility index (Phi) is 5.58. The normalized spacial score (nSPS) is 10.5. The minimum absolute atomic E-state index is 0.263. The number of ether oxygens (including phenoxy) is 2. The van der Waals surface area contributed by atoms with Crippen molar-refractivity contribution in [2.45, 2.75) is 13.8 Å². The van der Waals surface area contributed by atoms with Crippen LogP contribution in [0.2, 0.25) is 0 Å². The number of benzene rings is 2. The van der Waals surface area contributed by atoms with E-state index in [1.807, 2.05) is 0 Å². The van der Waals surface area contributed by atoms with Crippen molar-refractivity contribution in [3.05, 3.63) is 44.3 Å². The van der Waals surface area contributed by atoms with E-state index in [0.29, 0.717) is 16.5 Å². The minimum Gasteiger partial charge on any atom is -0.462 e. The Hall–Kier alpha value is -1.40. The van der Waals surface area contributed by atoms with Crippen LogP contribution in [-0.2, 0) is 9.47 Å². The van der Waals surface area contributed by atoms with Gasteiger partial charge in [0.2, 0.25) is 0 Å². The summed E-state index contributed by atoms with van der Waals surface area (Å²) in [4.78, 5) is 24.4. The van der Waals surface area contributed by atoms with Gasteiger partial charge in [0.15, 0.2) is 0 Å². The van der Waals surface area contributed by atoms with Crippen LogP contribution in [-0.4, -0.2) is 25.2 Å². The van der Waals surface area contributed by atoms with Gasteiger partial charge >= 0.3 is 11.9 Å². The fourth-order valence-corrected chi connectivity index (χ4v) is 3.53. The van der Waals surface area contributed by atoms with Crippen molar-refractivity contribution < 1.29 is 19.1 Å². The first kappa shape index (κ1) is 17.0. The van der Waals surface area contributed by atoms with Gasteiger partial charge in [-0.05, 0) is 38.1 Å². The molecule has 0 heterocycles. The molecule has 116 valence electrons. The van der Waals surface area contributed by atoms with Gasteiger partial charge in [0.05, 0.1) is 24.3 Å². The number of carbonyl (C=O) groups excluding carboxylic acids is 2. The second kappa shape index (κ2) is 7.24. The molecule has 0 fully saturated rings. The number of esters is 2. The maximum Gasteiger partial charge on any atom is 0.338 e. The van der Waals surface area contributed by atoms with Gasteiger partial charge < -0.3 is 9.47 Å². The number of carbonyl (C=O) groups is 2. The number of hydrogen-bond donors (Lipinski definition) is 0. The Labute approximate surface area is 145 Å². The highest BCUT2D eigenvalue weighted by atomic mass is 79.9. The number of rotatable bonds is 4. The summed E-state index contributed by atoms with van der Waals surface area (Å²) >= 11 is 6.92. The van der Waals surface area contributed by atoms with Crippen molar-refractivity contribution in [1.29, 1.82) is 0 Å². The summed E-state index contributed by atoms with van der Waals surface area (Å²) < 4.78 is 11.7. The summed E-state index contributed by atoms with van der Waals surface area (Å²) in [5.74, 6) is -0.938. The fraction of sp³-hybridized carbons (Fsp3) is 0.250. The molecule has 0 spiro atoms. The van der Waals surface area contributed by atoms with Gasteiger partial charge in [-0.15, -0.1) is 0 Å². The summed E-state index contributed by atoms with van der Waals surface area (Å²) in [6.07, 6.45) is 0. The van der Waals surface area contributed by atoms with E-state index in [9.17, 15) is 9.59 Å². The molecule has 0 amide bonds. The summed E-state index contributed by atoms with van der Waals surface area (Å²) in [5.41, 5.74) is 0.675. The first-order chi connectivity index (χ1) is 10.5. The van der Waals surface area contributed by atoms with Crippen LogP contribution >= 0.6 is 31.9 Å². The second-order valence-corrected chi connectivity index (χ2v) is 6.09. The molecule has 4 nitrogen and oxygen atoms in total. The molecule has 0 aliphatic carbocycles. The summed E-state index contributed by atoms with van der Waals surface area (Å²) in [7, 11) is 0. The van der Waals surface area contributed by atoms with Gasteiger partial charge in [-0.1, -0.05) is 31.9 Å². The molecule has 2 rings (SSSR count). The van der Waals surface area contributed by atoms with Crippen molar-refractivity contribution in [2.75, 3.05) is 13.2 Å². The van der Waals surface area contributed by atoms with E-state index in [1.165, 1.54) is 0 Å². The predicted molar refractivity (Wildman–Crippen MR) is 91.3 cm³/mol. The SMILES string of the molecule is CCOC(=O)c1ccc(Br)c2c(Br)ccc(C(=O)OCC)c12. The Morgan fingerprint density at radius 2 is 1.23 bits per heavy atom. The molecule has 2 aromatic rings. The van der Waals surface area contributed by atoms with E-state index in [-0.39, 0.29) is 13.2 Å². The van der Waals surface area contributed by atoms with Gasteiger partial charge in [-0.2, -0.15) is 0 Å². The summed E-state index contributed by atoms with van der Waals surface area (Å²) in [6, 6.07) is 6.79. The van der Waals surface area contributed by atoms with Crippen LogP contribution in [0.5, 0.6) is 0 Å². The standard InChI is InChI=1S/C16H14Br2O4/c1-3-21-15(19)9-5-7-11(17)14-12(18)8-6-10(13(9)14)16(20)22-4-2/h5-8H,3-4H2,1-2H3. The third-order valence-electron chi connectivity index (χ3n) is 3.05. The van der Waals surface area contributed by atoms with Crippen LogP contribution in [0.1, 0.15) is 34.6 Å². The van der Waals surface area contributed by atoms with Crippen molar-refractivity contribution in [3.63, 3.8) is 0 Å². The van der Waals surface area contributed by atoms with Crippen molar-refractivity contribution in [2.24, 2.45) is 0 Å². The molecule has 2 aromatic carbocycles. The highest BCUT2D eigenvalue weighted by molar-refractivity contribution is 9.11. The summed E-state index contributed by atoms with van der Waals surface area (Å²) in [5, 5.41) is 1.25. The molecule has 0 unspecified atom stereocenters.